The molecule has 108 valence electrons. The molecule has 1 fully saturated rings. The van der Waals surface area contributed by atoms with Crippen molar-refractivity contribution in [3.8, 4) is 0 Å². The second-order valence-corrected chi connectivity index (χ2v) is 5.07. The van der Waals surface area contributed by atoms with Crippen LogP contribution in [-0.4, -0.2) is 34.5 Å². The van der Waals surface area contributed by atoms with Crippen LogP contribution < -0.4 is 0 Å². The first kappa shape index (κ1) is 14.4. The molecule has 0 aliphatic carbocycles. The molecule has 2 unspecified atom stereocenters. The number of halogens is 2. The van der Waals surface area contributed by atoms with Crippen LogP contribution in [0.3, 0.4) is 0 Å². The largest absolute Gasteiger partial charge is 0.481 e. The predicted molar refractivity (Wildman–Crippen MR) is 67.2 cm³/mol. The molecule has 1 N–H and O–H groups in total. The van der Waals surface area contributed by atoms with Gasteiger partial charge < -0.3 is 10.0 Å². The molecule has 1 aliphatic rings. The topological polar surface area (TPSA) is 57.6 Å². The van der Waals surface area contributed by atoms with Crippen LogP contribution in [0.1, 0.15) is 30.1 Å². The van der Waals surface area contributed by atoms with E-state index in [0.717, 1.165) is 12.1 Å². The number of hydrogen-bond donors (Lipinski definition) is 1. The highest BCUT2D eigenvalue weighted by Crippen LogP contribution is 2.25. The van der Waals surface area contributed by atoms with Gasteiger partial charge in [0.25, 0.3) is 5.91 Å². The van der Waals surface area contributed by atoms with Gasteiger partial charge in [-0.05, 0) is 31.9 Å². The zero-order chi connectivity index (χ0) is 14.9. The number of amides is 1. The quantitative estimate of drug-likeness (QED) is 0.906. The summed E-state index contributed by atoms with van der Waals surface area (Å²) in [5.74, 6) is -3.43. The number of benzene rings is 1. The monoisotopic (exact) mass is 283 g/mol. The smallest absolute Gasteiger partial charge is 0.306 e. The third-order valence-electron chi connectivity index (χ3n) is 3.60. The lowest BCUT2D eigenvalue weighted by molar-refractivity contribution is -0.143. The Bertz CT molecular complexity index is 527. The molecule has 1 aromatic carbocycles. The number of hydrogen-bond acceptors (Lipinski definition) is 2. The van der Waals surface area contributed by atoms with Crippen molar-refractivity contribution in [3.63, 3.8) is 0 Å². The summed E-state index contributed by atoms with van der Waals surface area (Å²) in [6.07, 6.45) is 0.697. The van der Waals surface area contributed by atoms with Crippen LogP contribution in [0, 0.1) is 17.6 Å². The van der Waals surface area contributed by atoms with Crippen molar-refractivity contribution in [1.29, 1.82) is 0 Å². The van der Waals surface area contributed by atoms with Gasteiger partial charge in [0.1, 0.15) is 11.6 Å². The number of piperidine rings is 1. The first-order chi connectivity index (χ1) is 9.38. The van der Waals surface area contributed by atoms with E-state index in [2.05, 4.69) is 0 Å². The Morgan fingerprint density at radius 2 is 1.85 bits per heavy atom. The van der Waals surface area contributed by atoms with Crippen molar-refractivity contribution in [2.75, 3.05) is 6.54 Å². The Morgan fingerprint density at radius 1 is 1.25 bits per heavy atom. The van der Waals surface area contributed by atoms with Gasteiger partial charge in [-0.15, -0.1) is 0 Å². The van der Waals surface area contributed by atoms with Crippen LogP contribution in [-0.2, 0) is 4.79 Å². The van der Waals surface area contributed by atoms with E-state index in [1.54, 1.807) is 6.92 Å². The molecule has 6 heteroatoms. The second-order valence-electron chi connectivity index (χ2n) is 5.07. The molecule has 20 heavy (non-hydrogen) atoms. The Labute approximate surface area is 115 Å². The first-order valence-corrected chi connectivity index (χ1v) is 6.38. The third-order valence-corrected chi connectivity index (χ3v) is 3.60. The minimum Gasteiger partial charge on any atom is -0.481 e. The predicted octanol–water partition coefficient (Wildman–Crippen LogP) is 2.29. The van der Waals surface area contributed by atoms with Gasteiger partial charge in [-0.1, -0.05) is 0 Å². The van der Waals surface area contributed by atoms with Crippen LogP contribution in [0.15, 0.2) is 18.2 Å². The maximum atomic E-state index is 13.1. The molecular formula is C14H15F2NO3. The summed E-state index contributed by atoms with van der Waals surface area (Å²) in [6, 6.07) is 2.41. The van der Waals surface area contributed by atoms with Crippen molar-refractivity contribution < 1.29 is 23.5 Å². The van der Waals surface area contributed by atoms with E-state index in [9.17, 15) is 18.4 Å². The molecule has 0 radical (unpaired) electrons. The Balaban J connectivity index is 2.15. The maximum Gasteiger partial charge on any atom is 0.306 e. The summed E-state index contributed by atoms with van der Waals surface area (Å²) >= 11 is 0. The number of aliphatic carboxylic acids is 1. The van der Waals surface area contributed by atoms with Crippen LogP contribution >= 0.6 is 0 Å². The molecule has 2 rings (SSSR count). The van der Waals surface area contributed by atoms with Gasteiger partial charge in [0.2, 0.25) is 0 Å². The minimum absolute atomic E-state index is 0.0527. The van der Waals surface area contributed by atoms with Gasteiger partial charge in [-0.2, -0.15) is 0 Å². The van der Waals surface area contributed by atoms with Crippen molar-refractivity contribution in [2.24, 2.45) is 5.92 Å². The van der Waals surface area contributed by atoms with E-state index >= 15 is 0 Å². The fourth-order valence-corrected chi connectivity index (χ4v) is 2.54. The summed E-state index contributed by atoms with van der Waals surface area (Å²) in [6.45, 7) is 2.01. The molecule has 1 saturated heterocycles. The molecular weight excluding hydrogens is 268 g/mol. The summed E-state index contributed by atoms with van der Waals surface area (Å²) in [5, 5.41) is 8.97. The standard InChI is InChI=1S/C14H15F2NO3/c1-8-4-9(14(19)20)2-3-17(8)13(18)10-5-11(15)7-12(16)6-10/h5-9H,2-4H2,1H3,(H,19,20). The molecule has 4 nitrogen and oxygen atoms in total. The van der Waals surface area contributed by atoms with Crippen molar-refractivity contribution in [2.45, 2.75) is 25.8 Å². The number of nitrogens with zero attached hydrogens (tertiary/aromatic N) is 1. The highest BCUT2D eigenvalue weighted by molar-refractivity contribution is 5.94. The number of carbonyl (C=O) groups excluding carboxylic acids is 1. The maximum absolute atomic E-state index is 13.1. The van der Waals surface area contributed by atoms with Gasteiger partial charge >= 0.3 is 5.97 Å². The van der Waals surface area contributed by atoms with E-state index in [-0.39, 0.29) is 18.2 Å². The Morgan fingerprint density at radius 3 is 2.35 bits per heavy atom. The van der Waals surface area contributed by atoms with Crippen LogP contribution in [0.5, 0.6) is 0 Å². The molecule has 0 saturated carbocycles. The van der Waals surface area contributed by atoms with Crippen LogP contribution in [0.25, 0.3) is 0 Å². The molecule has 2 atom stereocenters. The van der Waals surface area contributed by atoms with Crippen LogP contribution in [0.4, 0.5) is 8.78 Å². The fourth-order valence-electron chi connectivity index (χ4n) is 2.54. The third kappa shape index (κ3) is 2.95. The number of likely N-dealkylation sites (tertiary alicyclic amines) is 1. The van der Waals surface area contributed by atoms with Crippen LogP contribution in [0.2, 0.25) is 0 Å². The molecule has 0 spiro atoms. The summed E-state index contributed by atoms with van der Waals surface area (Å²) < 4.78 is 26.3. The van der Waals surface area contributed by atoms with Crippen molar-refractivity contribution >= 4 is 11.9 Å². The lowest BCUT2D eigenvalue weighted by atomic mass is 9.91. The molecule has 0 bridgehead atoms. The minimum atomic E-state index is -0.874. The van der Waals surface area contributed by atoms with E-state index in [0.29, 0.717) is 18.9 Å². The van der Waals surface area contributed by atoms with Gasteiger partial charge in [0.15, 0.2) is 0 Å². The van der Waals surface area contributed by atoms with E-state index in [1.807, 2.05) is 0 Å². The number of carboxylic acids is 1. The summed E-state index contributed by atoms with van der Waals surface area (Å²) in [4.78, 5) is 24.6. The Kier molecular flexibility index (Phi) is 4.01. The molecule has 1 aromatic rings. The Hall–Kier alpha value is -1.98. The normalized spacial score (nSPS) is 22.6. The van der Waals surface area contributed by atoms with Gasteiger partial charge in [0.05, 0.1) is 5.92 Å². The number of carbonyl (C=O) groups is 2. The molecule has 1 amide bonds. The first-order valence-electron chi connectivity index (χ1n) is 6.38. The van der Waals surface area contributed by atoms with Gasteiger partial charge in [-0.3, -0.25) is 9.59 Å². The van der Waals surface area contributed by atoms with E-state index in [4.69, 9.17) is 5.11 Å². The van der Waals surface area contributed by atoms with Crippen molar-refractivity contribution in [1.82, 2.24) is 4.90 Å². The molecule has 0 aromatic heterocycles. The average molecular weight is 283 g/mol. The zero-order valence-corrected chi connectivity index (χ0v) is 11.0. The molecule has 1 aliphatic heterocycles. The second kappa shape index (κ2) is 5.56. The van der Waals surface area contributed by atoms with Gasteiger partial charge in [-0.25, -0.2) is 8.78 Å². The number of rotatable bonds is 2. The SMILES string of the molecule is CC1CC(C(=O)O)CCN1C(=O)c1cc(F)cc(F)c1. The lowest BCUT2D eigenvalue weighted by Crippen LogP contribution is -2.46. The zero-order valence-electron chi connectivity index (χ0n) is 11.0. The van der Waals surface area contributed by atoms with Gasteiger partial charge in [0, 0.05) is 24.2 Å². The van der Waals surface area contributed by atoms with E-state index < -0.39 is 29.4 Å². The summed E-state index contributed by atoms with van der Waals surface area (Å²) in [7, 11) is 0. The number of carboxylic acid groups (broad SMARTS) is 1. The summed E-state index contributed by atoms with van der Waals surface area (Å²) in [5.41, 5.74) is -0.0527. The lowest BCUT2D eigenvalue weighted by Gasteiger charge is -2.36. The average Bonchev–Trinajstić information content (AvgIpc) is 2.36. The van der Waals surface area contributed by atoms with E-state index in [1.165, 1.54) is 4.90 Å². The molecule has 1 heterocycles. The fraction of sp³-hybridized carbons (Fsp3) is 0.429. The highest BCUT2D eigenvalue weighted by atomic mass is 19.1. The highest BCUT2D eigenvalue weighted by Gasteiger charge is 2.32. The van der Waals surface area contributed by atoms with Crippen molar-refractivity contribution in [3.05, 3.63) is 35.4 Å².